The van der Waals surface area contributed by atoms with Crippen LogP contribution in [0.1, 0.15) is 25.0 Å². The molecule has 1 saturated heterocycles. The first-order chi connectivity index (χ1) is 11.6. The highest BCUT2D eigenvalue weighted by Crippen LogP contribution is 2.26. The molecule has 0 bridgehead atoms. The molecule has 0 saturated carbocycles. The quantitative estimate of drug-likeness (QED) is 0.485. The Morgan fingerprint density at radius 1 is 1.17 bits per heavy atom. The molecule has 6 heteroatoms. The molecule has 1 aliphatic heterocycles. The van der Waals surface area contributed by atoms with Gasteiger partial charge < -0.3 is 9.32 Å². The van der Waals surface area contributed by atoms with Crippen molar-refractivity contribution in [2.24, 2.45) is 0 Å². The number of hydrogen-bond donors (Lipinski definition) is 0. The molecule has 0 unspecified atom stereocenters. The molecule has 0 spiro atoms. The molecule has 124 valence electrons. The van der Waals surface area contributed by atoms with Crippen LogP contribution in [0.5, 0.6) is 0 Å². The molecule has 2 heterocycles. The summed E-state index contributed by atoms with van der Waals surface area (Å²) in [6.07, 6.45) is 6.44. The number of rotatable bonds is 4. The molecule has 1 fully saturated rings. The van der Waals surface area contributed by atoms with Crippen molar-refractivity contribution in [2.75, 3.05) is 13.1 Å². The van der Waals surface area contributed by atoms with E-state index >= 15 is 0 Å². The minimum atomic E-state index is -0.440. The number of amides is 1. The van der Waals surface area contributed by atoms with Gasteiger partial charge in [-0.05, 0) is 37.5 Å². The van der Waals surface area contributed by atoms with E-state index in [2.05, 4.69) is 0 Å². The van der Waals surface area contributed by atoms with Gasteiger partial charge in [0.25, 0.3) is 5.69 Å². The summed E-state index contributed by atoms with van der Waals surface area (Å²) >= 11 is 0. The zero-order valence-corrected chi connectivity index (χ0v) is 13.2. The first-order valence-corrected chi connectivity index (χ1v) is 7.95. The third kappa shape index (κ3) is 3.71. The molecule has 2 aromatic rings. The van der Waals surface area contributed by atoms with E-state index in [9.17, 15) is 14.9 Å². The third-order valence-electron chi connectivity index (χ3n) is 4.03. The van der Waals surface area contributed by atoms with Gasteiger partial charge in [0.1, 0.15) is 11.5 Å². The fraction of sp³-hybridized carbons (Fsp3) is 0.278. The summed E-state index contributed by atoms with van der Waals surface area (Å²) in [6.45, 7) is 1.61. The van der Waals surface area contributed by atoms with Gasteiger partial charge in [-0.25, -0.2) is 0 Å². The summed E-state index contributed by atoms with van der Waals surface area (Å²) in [7, 11) is 0. The Bertz CT molecular complexity index is 773. The van der Waals surface area contributed by atoms with Crippen molar-refractivity contribution in [3.8, 4) is 11.3 Å². The van der Waals surface area contributed by atoms with Gasteiger partial charge in [0.15, 0.2) is 0 Å². The molecule has 1 aliphatic rings. The lowest BCUT2D eigenvalue weighted by Gasteiger charge is -2.25. The number of furan rings is 1. The predicted molar refractivity (Wildman–Crippen MR) is 90.3 cm³/mol. The van der Waals surface area contributed by atoms with E-state index in [-0.39, 0.29) is 11.6 Å². The molecular formula is C18H18N2O4. The zero-order chi connectivity index (χ0) is 16.9. The Morgan fingerprint density at radius 2 is 1.96 bits per heavy atom. The van der Waals surface area contributed by atoms with Crippen molar-refractivity contribution in [3.63, 3.8) is 0 Å². The van der Waals surface area contributed by atoms with Crippen molar-refractivity contribution >= 4 is 17.7 Å². The number of carbonyl (C=O) groups excluding carboxylic acids is 1. The maximum atomic E-state index is 12.1. The Balaban J connectivity index is 1.71. The van der Waals surface area contributed by atoms with Crippen molar-refractivity contribution in [1.82, 2.24) is 4.90 Å². The standard InChI is InChI=1S/C18H18N2O4/c21-18(19-11-2-1-3-12-19)10-8-16-7-9-17(24-16)14-5-4-6-15(13-14)20(22)23/h4-10,13H,1-3,11-12H2. The zero-order valence-electron chi connectivity index (χ0n) is 13.2. The van der Waals surface area contributed by atoms with Gasteiger partial charge in [-0.1, -0.05) is 12.1 Å². The Kier molecular flexibility index (Phi) is 4.74. The van der Waals surface area contributed by atoms with Gasteiger partial charge in [-0.3, -0.25) is 14.9 Å². The monoisotopic (exact) mass is 326 g/mol. The minimum Gasteiger partial charge on any atom is -0.457 e. The molecule has 0 N–H and O–H groups in total. The van der Waals surface area contributed by atoms with E-state index in [4.69, 9.17) is 4.42 Å². The van der Waals surface area contributed by atoms with Crippen LogP contribution in [-0.4, -0.2) is 28.8 Å². The average molecular weight is 326 g/mol. The smallest absolute Gasteiger partial charge is 0.270 e. The van der Waals surface area contributed by atoms with Crippen molar-refractivity contribution in [3.05, 3.63) is 58.3 Å². The molecule has 1 amide bonds. The van der Waals surface area contributed by atoms with Crippen LogP contribution in [0, 0.1) is 10.1 Å². The van der Waals surface area contributed by atoms with Crippen LogP contribution >= 0.6 is 0 Å². The largest absolute Gasteiger partial charge is 0.457 e. The van der Waals surface area contributed by atoms with Gasteiger partial charge in [-0.2, -0.15) is 0 Å². The van der Waals surface area contributed by atoms with Gasteiger partial charge in [0.2, 0.25) is 5.91 Å². The Morgan fingerprint density at radius 3 is 2.71 bits per heavy atom. The summed E-state index contributed by atoms with van der Waals surface area (Å²) in [6, 6.07) is 9.75. The molecular weight excluding hydrogens is 308 g/mol. The van der Waals surface area contributed by atoms with E-state index in [0.29, 0.717) is 17.1 Å². The molecule has 24 heavy (non-hydrogen) atoms. The lowest BCUT2D eigenvalue weighted by atomic mass is 10.1. The van der Waals surface area contributed by atoms with Gasteiger partial charge >= 0.3 is 0 Å². The van der Waals surface area contributed by atoms with E-state index in [1.54, 1.807) is 30.3 Å². The van der Waals surface area contributed by atoms with Crippen molar-refractivity contribution in [1.29, 1.82) is 0 Å². The van der Waals surface area contributed by atoms with Crippen LogP contribution in [0.4, 0.5) is 5.69 Å². The number of nitro benzene ring substituents is 1. The first-order valence-electron chi connectivity index (χ1n) is 7.95. The fourth-order valence-electron chi connectivity index (χ4n) is 2.74. The van der Waals surface area contributed by atoms with Gasteiger partial charge in [0, 0.05) is 36.9 Å². The highest BCUT2D eigenvalue weighted by molar-refractivity contribution is 5.91. The Labute approximate surface area is 139 Å². The summed E-state index contributed by atoms with van der Waals surface area (Å²) in [5, 5.41) is 10.8. The van der Waals surface area contributed by atoms with Crippen LogP contribution in [0.15, 0.2) is 46.9 Å². The minimum absolute atomic E-state index is 0.0111. The summed E-state index contributed by atoms with van der Waals surface area (Å²) < 4.78 is 5.66. The number of likely N-dealkylation sites (tertiary alicyclic amines) is 1. The fourth-order valence-corrected chi connectivity index (χ4v) is 2.74. The van der Waals surface area contributed by atoms with Crippen LogP contribution < -0.4 is 0 Å². The van der Waals surface area contributed by atoms with Crippen molar-refractivity contribution < 1.29 is 14.1 Å². The average Bonchev–Trinajstić information content (AvgIpc) is 3.09. The SMILES string of the molecule is O=C(C=Cc1ccc(-c2cccc([N+](=O)[O-])c2)o1)N1CCCCC1. The first kappa shape index (κ1) is 16.0. The normalized spacial score (nSPS) is 14.9. The number of nitro groups is 1. The lowest BCUT2D eigenvalue weighted by Crippen LogP contribution is -2.34. The second-order valence-electron chi connectivity index (χ2n) is 5.73. The molecule has 0 aliphatic carbocycles. The topological polar surface area (TPSA) is 76.6 Å². The molecule has 1 aromatic carbocycles. The summed E-state index contributed by atoms with van der Waals surface area (Å²) in [5.41, 5.74) is 0.646. The highest BCUT2D eigenvalue weighted by Gasteiger charge is 2.14. The number of piperidine rings is 1. The van der Waals surface area contributed by atoms with Crippen molar-refractivity contribution in [2.45, 2.75) is 19.3 Å². The Hall–Kier alpha value is -2.89. The molecule has 0 atom stereocenters. The second-order valence-corrected chi connectivity index (χ2v) is 5.73. The van der Waals surface area contributed by atoms with Gasteiger partial charge in [0.05, 0.1) is 4.92 Å². The van der Waals surface area contributed by atoms with E-state index in [1.807, 2.05) is 4.90 Å². The van der Waals surface area contributed by atoms with Crippen LogP contribution in [-0.2, 0) is 4.79 Å². The molecule has 3 rings (SSSR count). The van der Waals surface area contributed by atoms with E-state index in [0.717, 1.165) is 25.9 Å². The van der Waals surface area contributed by atoms with E-state index < -0.39 is 4.92 Å². The van der Waals surface area contributed by atoms with Gasteiger partial charge in [-0.15, -0.1) is 0 Å². The number of carbonyl (C=O) groups is 1. The maximum absolute atomic E-state index is 12.1. The summed E-state index contributed by atoms with van der Waals surface area (Å²) in [5.74, 6) is 1.06. The van der Waals surface area contributed by atoms with Crippen LogP contribution in [0.25, 0.3) is 17.4 Å². The third-order valence-corrected chi connectivity index (χ3v) is 4.03. The molecule has 6 nitrogen and oxygen atoms in total. The van der Waals surface area contributed by atoms with E-state index in [1.165, 1.54) is 24.6 Å². The van der Waals surface area contributed by atoms with Crippen LogP contribution in [0.3, 0.4) is 0 Å². The predicted octanol–water partition coefficient (Wildman–Crippen LogP) is 3.88. The van der Waals surface area contributed by atoms with Crippen LogP contribution in [0.2, 0.25) is 0 Å². The number of benzene rings is 1. The molecule has 0 radical (unpaired) electrons. The highest BCUT2D eigenvalue weighted by atomic mass is 16.6. The lowest BCUT2D eigenvalue weighted by molar-refractivity contribution is -0.384. The molecule has 1 aromatic heterocycles. The number of hydrogen-bond acceptors (Lipinski definition) is 4. The summed E-state index contributed by atoms with van der Waals surface area (Å²) in [4.78, 5) is 24.3. The second kappa shape index (κ2) is 7.12. The number of nitrogens with zero attached hydrogens (tertiary/aromatic N) is 2. The number of non-ortho nitro benzene ring substituents is 1. The maximum Gasteiger partial charge on any atom is 0.270 e.